The Balaban J connectivity index is 1.65. The van der Waals surface area contributed by atoms with Gasteiger partial charge in [-0.15, -0.1) is 0 Å². The fourth-order valence-corrected chi connectivity index (χ4v) is 3.30. The van der Waals surface area contributed by atoms with Crippen molar-refractivity contribution in [2.24, 2.45) is 5.92 Å². The van der Waals surface area contributed by atoms with E-state index >= 15 is 0 Å². The highest BCUT2D eigenvalue weighted by Crippen LogP contribution is 2.20. The molecule has 3 rings (SSSR count). The molecule has 2 aromatic heterocycles. The second-order valence-electron chi connectivity index (χ2n) is 6.66. The Morgan fingerprint density at radius 2 is 2.12 bits per heavy atom. The Kier molecular flexibility index (Phi) is 5.27. The molecule has 24 heavy (non-hydrogen) atoms. The Bertz CT molecular complexity index is 642. The van der Waals surface area contributed by atoms with Gasteiger partial charge in [-0.05, 0) is 37.9 Å². The zero-order valence-corrected chi connectivity index (χ0v) is 14.2. The monoisotopic (exact) mass is 328 g/mol. The standard InChI is InChI=1S/C18H24N4O2/c1-21(2)10-16-11-22(9-14-3-6-19-7-4-14)12-17(16)20-18(23)15-5-8-24-13-15/h3-8,13,16-17H,9-12H2,1-2H3,(H,20,23)/t16-,17-/m1/s1. The fraction of sp³-hybridized carbons (Fsp3) is 0.444. The minimum atomic E-state index is -0.0664. The van der Waals surface area contributed by atoms with E-state index in [2.05, 4.69) is 34.2 Å². The first-order valence-electron chi connectivity index (χ1n) is 8.21. The van der Waals surface area contributed by atoms with Gasteiger partial charge in [0.05, 0.1) is 11.8 Å². The molecule has 3 heterocycles. The van der Waals surface area contributed by atoms with Gasteiger partial charge in [0.15, 0.2) is 0 Å². The number of carbonyl (C=O) groups excluding carboxylic acids is 1. The number of furan rings is 1. The van der Waals surface area contributed by atoms with Crippen LogP contribution in [0, 0.1) is 5.92 Å². The third kappa shape index (κ3) is 4.21. The summed E-state index contributed by atoms with van der Waals surface area (Å²) in [5, 5.41) is 3.17. The number of hydrogen-bond acceptors (Lipinski definition) is 5. The number of nitrogens with zero attached hydrogens (tertiary/aromatic N) is 3. The summed E-state index contributed by atoms with van der Waals surface area (Å²) in [6.07, 6.45) is 6.65. The molecule has 6 heteroatoms. The molecule has 0 aliphatic carbocycles. The lowest BCUT2D eigenvalue weighted by molar-refractivity contribution is 0.0926. The molecule has 0 unspecified atom stereocenters. The number of carbonyl (C=O) groups is 1. The fourth-order valence-electron chi connectivity index (χ4n) is 3.30. The molecule has 2 aromatic rings. The first-order valence-corrected chi connectivity index (χ1v) is 8.21. The van der Waals surface area contributed by atoms with Crippen LogP contribution in [0.1, 0.15) is 15.9 Å². The molecule has 2 atom stereocenters. The summed E-state index contributed by atoms with van der Waals surface area (Å²) in [5.41, 5.74) is 1.82. The molecule has 128 valence electrons. The number of likely N-dealkylation sites (tertiary alicyclic amines) is 1. The van der Waals surface area contributed by atoms with Crippen LogP contribution in [-0.4, -0.2) is 60.5 Å². The lowest BCUT2D eigenvalue weighted by atomic mass is 10.0. The van der Waals surface area contributed by atoms with Crippen LogP contribution in [0.2, 0.25) is 0 Å². The number of pyridine rings is 1. The smallest absolute Gasteiger partial charge is 0.254 e. The molecule has 0 radical (unpaired) electrons. The Hall–Kier alpha value is -2.18. The van der Waals surface area contributed by atoms with Crippen molar-refractivity contribution < 1.29 is 9.21 Å². The van der Waals surface area contributed by atoms with Gasteiger partial charge in [-0.1, -0.05) is 0 Å². The first-order chi connectivity index (χ1) is 11.6. The summed E-state index contributed by atoms with van der Waals surface area (Å²) < 4.78 is 5.01. The summed E-state index contributed by atoms with van der Waals surface area (Å²) in [5.74, 6) is 0.334. The van der Waals surface area contributed by atoms with Crippen LogP contribution in [0.15, 0.2) is 47.5 Å². The lowest BCUT2D eigenvalue weighted by Crippen LogP contribution is -2.43. The first kappa shape index (κ1) is 16.7. The number of nitrogens with one attached hydrogen (secondary N) is 1. The Morgan fingerprint density at radius 3 is 2.79 bits per heavy atom. The summed E-state index contributed by atoms with van der Waals surface area (Å²) in [4.78, 5) is 21.0. The average molecular weight is 328 g/mol. The third-order valence-electron chi connectivity index (χ3n) is 4.37. The number of aromatic nitrogens is 1. The van der Waals surface area contributed by atoms with Gasteiger partial charge in [0.2, 0.25) is 0 Å². The number of hydrogen-bond donors (Lipinski definition) is 1. The minimum Gasteiger partial charge on any atom is -0.472 e. The van der Waals surface area contributed by atoms with Crippen LogP contribution in [-0.2, 0) is 6.54 Å². The van der Waals surface area contributed by atoms with Crippen molar-refractivity contribution in [1.29, 1.82) is 0 Å². The van der Waals surface area contributed by atoms with Crippen LogP contribution in [0.3, 0.4) is 0 Å². The Morgan fingerprint density at radius 1 is 1.33 bits per heavy atom. The topological polar surface area (TPSA) is 61.6 Å². The quantitative estimate of drug-likeness (QED) is 0.870. The van der Waals surface area contributed by atoms with Crippen LogP contribution in [0.5, 0.6) is 0 Å². The maximum absolute atomic E-state index is 12.3. The maximum Gasteiger partial charge on any atom is 0.254 e. The predicted molar refractivity (Wildman–Crippen MR) is 91.5 cm³/mol. The predicted octanol–water partition coefficient (Wildman–Crippen LogP) is 1.47. The van der Waals surface area contributed by atoms with Gasteiger partial charge in [-0.2, -0.15) is 0 Å². The summed E-state index contributed by atoms with van der Waals surface area (Å²) in [7, 11) is 4.14. The van der Waals surface area contributed by atoms with E-state index in [1.54, 1.807) is 6.07 Å². The lowest BCUT2D eigenvalue weighted by Gasteiger charge is -2.22. The van der Waals surface area contributed by atoms with E-state index in [9.17, 15) is 4.79 Å². The normalized spacial score (nSPS) is 21.3. The highest BCUT2D eigenvalue weighted by Gasteiger charge is 2.34. The van der Waals surface area contributed by atoms with E-state index in [0.29, 0.717) is 11.5 Å². The average Bonchev–Trinajstić information content (AvgIpc) is 3.19. The van der Waals surface area contributed by atoms with Crippen LogP contribution < -0.4 is 5.32 Å². The summed E-state index contributed by atoms with van der Waals surface area (Å²) in [6.45, 7) is 3.65. The number of amides is 1. The highest BCUT2D eigenvalue weighted by atomic mass is 16.3. The van der Waals surface area contributed by atoms with Crippen LogP contribution >= 0.6 is 0 Å². The molecule has 1 aliphatic heterocycles. The number of rotatable bonds is 6. The molecule has 1 amide bonds. The minimum absolute atomic E-state index is 0.0664. The van der Waals surface area contributed by atoms with Gasteiger partial charge in [0.25, 0.3) is 5.91 Å². The van der Waals surface area contributed by atoms with E-state index in [-0.39, 0.29) is 11.9 Å². The van der Waals surface area contributed by atoms with Gasteiger partial charge < -0.3 is 14.6 Å². The molecule has 6 nitrogen and oxygen atoms in total. The van der Waals surface area contributed by atoms with Gasteiger partial charge in [0.1, 0.15) is 6.26 Å². The van der Waals surface area contributed by atoms with Crippen LogP contribution in [0.25, 0.3) is 0 Å². The van der Waals surface area contributed by atoms with E-state index in [1.165, 1.54) is 18.1 Å². The van der Waals surface area contributed by atoms with E-state index in [1.807, 2.05) is 24.5 Å². The van der Waals surface area contributed by atoms with Gasteiger partial charge in [-0.3, -0.25) is 14.7 Å². The van der Waals surface area contributed by atoms with Crippen molar-refractivity contribution in [2.75, 3.05) is 33.7 Å². The van der Waals surface area contributed by atoms with Crippen molar-refractivity contribution in [2.45, 2.75) is 12.6 Å². The van der Waals surface area contributed by atoms with Crippen molar-refractivity contribution in [3.8, 4) is 0 Å². The zero-order chi connectivity index (χ0) is 16.9. The molecular formula is C18H24N4O2. The second-order valence-corrected chi connectivity index (χ2v) is 6.66. The zero-order valence-electron chi connectivity index (χ0n) is 14.2. The molecule has 1 aliphatic rings. The molecule has 0 saturated carbocycles. The van der Waals surface area contributed by atoms with E-state index < -0.39 is 0 Å². The molecule has 0 spiro atoms. The molecule has 1 saturated heterocycles. The van der Waals surface area contributed by atoms with Crippen molar-refractivity contribution in [3.63, 3.8) is 0 Å². The molecule has 0 aromatic carbocycles. The van der Waals surface area contributed by atoms with Gasteiger partial charge in [-0.25, -0.2) is 0 Å². The third-order valence-corrected chi connectivity index (χ3v) is 4.37. The molecular weight excluding hydrogens is 304 g/mol. The maximum atomic E-state index is 12.3. The second kappa shape index (κ2) is 7.59. The summed E-state index contributed by atoms with van der Waals surface area (Å²) in [6, 6.07) is 5.91. The van der Waals surface area contributed by atoms with Gasteiger partial charge >= 0.3 is 0 Å². The molecule has 1 fully saturated rings. The largest absolute Gasteiger partial charge is 0.472 e. The van der Waals surface area contributed by atoms with Crippen molar-refractivity contribution >= 4 is 5.91 Å². The van der Waals surface area contributed by atoms with Crippen LogP contribution in [0.4, 0.5) is 0 Å². The molecule has 0 bridgehead atoms. The Labute approximate surface area is 142 Å². The van der Waals surface area contributed by atoms with Crippen molar-refractivity contribution in [3.05, 3.63) is 54.2 Å². The van der Waals surface area contributed by atoms with Gasteiger partial charge in [0, 0.05) is 50.5 Å². The highest BCUT2D eigenvalue weighted by molar-refractivity contribution is 5.94. The summed E-state index contributed by atoms with van der Waals surface area (Å²) >= 11 is 0. The molecule has 1 N–H and O–H groups in total. The van der Waals surface area contributed by atoms with Crippen molar-refractivity contribution in [1.82, 2.24) is 20.1 Å². The van der Waals surface area contributed by atoms with E-state index in [4.69, 9.17) is 4.42 Å². The SMILES string of the molecule is CN(C)C[C@@H]1CN(Cc2ccncc2)C[C@H]1NC(=O)c1ccoc1. The van der Waals surface area contributed by atoms with E-state index in [0.717, 1.165) is 26.2 Å².